The first-order chi connectivity index (χ1) is 17.1. The molecule has 0 saturated heterocycles. The van der Waals surface area contributed by atoms with E-state index < -0.39 is 52.2 Å². The number of fused-ring (bicyclic) bond motifs is 1. The Hall–Kier alpha value is -3.28. The van der Waals surface area contributed by atoms with Crippen molar-refractivity contribution in [3.05, 3.63) is 53.6 Å². The summed E-state index contributed by atoms with van der Waals surface area (Å²) in [5, 5.41) is 9.33. The van der Waals surface area contributed by atoms with Gasteiger partial charge in [0, 0.05) is 5.92 Å². The van der Waals surface area contributed by atoms with Crippen LogP contribution in [0.5, 0.6) is 5.75 Å². The number of anilines is 1. The number of carbonyl (C=O) groups is 2. The maximum Gasteiger partial charge on any atom is 0.427 e. The molecule has 1 fully saturated rings. The first-order valence-corrected chi connectivity index (χ1v) is 12.9. The number of ether oxygens (including phenoxy) is 2. The van der Waals surface area contributed by atoms with Gasteiger partial charge in [-0.05, 0) is 57.0 Å². The molecule has 4 rings (SSSR count). The number of carbonyl (C=O) groups excluding carboxylic acids is 1. The monoisotopic (exact) mass is 541 g/mol. The van der Waals surface area contributed by atoms with Crippen molar-refractivity contribution in [3.8, 4) is 5.75 Å². The summed E-state index contributed by atoms with van der Waals surface area (Å²) in [6.07, 6.45) is -5.65. The highest BCUT2D eigenvalue weighted by molar-refractivity contribution is 7.92. The molecule has 1 aliphatic heterocycles. The summed E-state index contributed by atoms with van der Waals surface area (Å²) >= 11 is 0. The zero-order valence-corrected chi connectivity index (χ0v) is 21.1. The molecule has 1 aliphatic carbocycles. The van der Waals surface area contributed by atoms with Gasteiger partial charge in [0.2, 0.25) is 5.60 Å². The number of sulfonamides is 1. The molecule has 0 radical (unpaired) electrons. The fourth-order valence-electron chi connectivity index (χ4n) is 4.17. The van der Waals surface area contributed by atoms with Gasteiger partial charge in [0.1, 0.15) is 11.9 Å². The molecule has 2 aromatic rings. The number of aliphatic carboxylic acids is 1. The molecule has 2 aliphatic rings. The third kappa shape index (κ3) is 5.39. The van der Waals surface area contributed by atoms with Crippen molar-refractivity contribution in [3.63, 3.8) is 0 Å². The molecule has 12 heteroatoms. The molecule has 0 spiro atoms. The number of carboxylic acids is 1. The summed E-state index contributed by atoms with van der Waals surface area (Å²) in [7, 11) is -4.12. The van der Waals surface area contributed by atoms with Crippen molar-refractivity contribution in [2.24, 2.45) is 11.8 Å². The Kier molecular flexibility index (Phi) is 6.68. The molecule has 200 valence electrons. The lowest BCUT2D eigenvalue weighted by Gasteiger charge is -2.36. The Balaban J connectivity index is 1.66. The second-order valence-electron chi connectivity index (χ2n) is 9.81. The van der Waals surface area contributed by atoms with Gasteiger partial charge < -0.3 is 14.6 Å². The van der Waals surface area contributed by atoms with Crippen LogP contribution in [0.4, 0.5) is 18.9 Å². The van der Waals surface area contributed by atoms with Crippen LogP contribution in [0.1, 0.15) is 31.4 Å². The first kappa shape index (κ1) is 26.8. The van der Waals surface area contributed by atoms with Crippen LogP contribution in [-0.2, 0) is 30.8 Å². The summed E-state index contributed by atoms with van der Waals surface area (Å²) in [4.78, 5) is 23.7. The molecule has 0 unspecified atom stereocenters. The number of carboxylic acid groups (broad SMARTS) is 1. The molecule has 8 nitrogen and oxygen atoms in total. The number of halogens is 3. The van der Waals surface area contributed by atoms with E-state index in [0.717, 1.165) is 23.7 Å². The molecular formula is C25H26F3NO7S. The normalized spacial score (nSPS) is 21.6. The van der Waals surface area contributed by atoms with Crippen LogP contribution in [0.15, 0.2) is 47.4 Å². The average Bonchev–Trinajstić information content (AvgIpc) is 3.59. The predicted molar refractivity (Wildman–Crippen MR) is 126 cm³/mol. The molecule has 2 aromatic carbocycles. The molecule has 0 amide bonds. The van der Waals surface area contributed by atoms with E-state index in [4.69, 9.17) is 4.74 Å². The van der Waals surface area contributed by atoms with E-state index in [1.54, 1.807) is 19.1 Å². The molecule has 1 saturated carbocycles. The third-order valence-corrected chi connectivity index (χ3v) is 8.35. The second-order valence-corrected chi connectivity index (χ2v) is 11.7. The molecule has 1 heterocycles. The largest absolute Gasteiger partial charge is 0.486 e. The van der Waals surface area contributed by atoms with E-state index in [1.807, 2.05) is 0 Å². The van der Waals surface area contributed by atoms with Crippen LogP contribution < -0.4 is 9.04 Å². The number of hydrogen-bond donors (Lipinski definition) is 1. The summed E-state index contributed by atoms with van der Waals surface area (Å²) in [5.41, 5.74) is -1.52. The highest BCUT2D eigenvalue weighted by Gasteiger charge is 2.52. The number of aryl methyl sites for hydroxylation is 1. The molecule has 3 atom stereocenters. The lowest BCUT2D eigenvalue weighted by atomic mass is 10.1. The number of hydrogen-bond acceptors (Lipinski definition) is 6. The lowest BCUT2D eigenvalue weighted by molar-refractivity contribution is -0.257. The Bertz CT molecular complexity index is 1320. The minimum Gasteiger partial charge on any atom is -0.486 e. The van der Waals surface area contributed by atoms with Gasteiger partial charge in [-0.25, -0.2) is 8.42 Å². The smallest absolute Gasteiger partial charge is 0.427 e. The van der Waals surface area contributed by atoms with E-state index in [-0.39, 0.29) is 34.4 Å². The van der Waals surface area contributed by atoms with E-state index in [0.29, 0.717) is 6.42 Å². The van der Waals surface area contributed by atoms with Gasteiger partial charge >= 0.3 is 18.1 Å². The van der Waals surface area contributed by atoms with Crippen LogP contribution in [0.2, 0.25) is 0 Å². The Labute approximate surface area is 212 Å². The second kappa shape index (κ2) is 9.23. The van der Waals surface area contributed by atoms with E-state index in [1.165, 1.54) is 30.3 Å². The van der Waals surface area contributed by atoms with Crippen LogP contribution in [0.3, 0.4) is 0 Å². The summed E-state index contributed by atoms with van der Waals surface area (Å²) < 4.78 is 78.3. The molecule has 1 N–H and O–H groups in total. The average molecular weight is 542 g/mol. The third-order valence-electron chi connectivity index (χ3n) is 6.56. The van der Waals surface area contributed by atoms with Crippen LogP contribution in [0.25, 0.3) is 0 Å². The number of nitrogens with zero attached hydrogens (tertiary/aromatic N) is 1. The van der Waals surface area contributed by atoms with Crippen LogP contribution >= 0.6 is 0 Å². The van der Waals surface area contributed by atoms with Crippen molar-refractivity contribution in [2.75, 3.05) is 10.8 Å². The van der Waals surface area contributed by atoms with Crippen molar-refractivity contribution < 1.29 is 45.8 Å². The van der Waals surface area contributed by atoms with Gasteiger partial charge in [0.15, 0.2) is 0 Å². The van der Waals surface area contributed by atoms with E-state index in [2.05, 4.69) is 4.74 Å². The summed E-state index contributed by atoms with van der Waals surface area (Å²) in [6, 6.07) is 10.4. The highest BCUT2D eigenvalue weighted by Crippen LogP contribution is 2.47. The van der Waals surface area contributed by atoms with E-state index in [9.17, 15) is 36.3 Å². The predicted octanol–water partition coefficient (Wildman–Crippen LogP) is 4.10. The zero-order valence-electron chi connectivity index (χ0n) is 20.3. The molecular weight excluding hydrogens is 515 g/mol. The van der Waals surface area contributed by atoms with Crippen LogP contribution in [0, 0.1) is 18.8 Å². The Morgan fingerprint density at radius 1 is 1.14 bits per heavy atom. The number of rotatable bonds is 7. The van der Waals surface area contributed by atoms with Gasteiger partial charge in [-0.1, -0.05) is 23.8 Å². The molecule has 37 heavy (non-hydrogen) atoms. The Morgan fingerprint density at radius 2 is 1.78 bits per heavy atom. The van der Waals surface area contributed by atoms with Gasteiger partial charge in [0.05, 0.1) is 29.5 Å². The number of alkyl halides is 3. The minimum absolute atomic E-state index is 0.00650. The van der Waals surface area contributed by atoms with Gasteiger partial charge in [0.25, 0.3) is 10.0 Å². The van der Waals surface area contributed by atoms with Gasteiger partial charge in [-0.15, -0.1) is 0 Å². The fourth-order valence-corrected chi connectivity index (χ4v) is 5.65. The lowest BCUT2D eigenvalue weighted by Crippen LogP contribution is -2.45. The van der Waals surface area contributed by atoms with Crippen molar-refractivity contribution in [2.45, 2.75) is 56.4 Å². The Morgan fingerprint density at radius 3 is 2.35 bits per heavy atom. The summed E-state index contributed by atoms with van der Waals surface area (Å²) in [5.74, 6) is -2.96. The topological polar surface area (TPSA) is 110 Å². The fraction of sp³-hybridized carbons (Fsp3) is 0.440. The van der Waals surface area contributed by atoms with Gasteiger partial charge in [-0.3, -0.25) is 13.9 Å². The SMILES string of the molecule is Cc1ccc(S(=O)(=O)N2C[C@H]([C@@H]3C[C@@H]3C(=O)O)Oc3ccc(CC(=O)OC(C)(C)C(F)(F)F)cc32)cc1. The van der Waals surface area contributed by atoms with Crippen molar-refractivity contribution in [1.82, 2.24) is 0 Å². The molecule has 0 bridgehead atoms. The zero-order chi connectivity index (χ0) is 27.3. The highest BCUT2D eigenvalue weighted by atomic mass is 32.2. The van der Waals surface area contributed by atoms with Crippen molar-refractivity contribution >= 4 is 27.6 Å². The number of benzene rings is 2. The molecule has 0 aromatic heterocycles. The first-order valence-electron chi connectivity index (χ1n) is 11.5. The van der Waals surface area contributed by atoms with E-state index >= 15 is 0 Å². The standard InChI is InChI=1S/C25H26F3NO7S/c1-14-4-7-16(8-5-14)37(33,34)29-13-21(17-12-18(17)23(31)32)35-20-9-6-15(10-19(20)29)11-22(30)36-24(2,3)25(26,27)28/h4-10,17-18,21H,11-13H2,1-3H3,(H,31,32)/t17-,18+,21-/m1/s1. The summed E-state index contributed by atoms with van der Waals surface area (Å²) in [6.45, 7) is 3.13. The maximum absolute atomic E-state index is 13.6. The quantitative estimate of drug-likeness (QED) is 0.526. The number of esters is 1. The maximum atomic E-state index is 13.6. The van der Waals surface area contributed by atoms with Crippen molar-refractivity contribution in [1.29, 1.82) is 0 Å². The minimum atomic E-state index is -4.77. The van der Waals surface area contributed by atoms with Gasteiger partial charge in [-0.2, -0.15) is 13.2 Å². The van der Waals surface area contributed by atoms with Crippen LogP contribution in [-0.4, -0.2) is 49.9 Å².